The van der Waals surface area contributed by atoms with Gasteiger partial charge in [0.05, 0.1) is 6.54 Å². The minimum atomic E-state index is -4.26. The van der Waals surface area contributed by atoms with Gasteiger partial charge in [-0.05, 0) is 43.2 Å². The molecule has 0 unspecified atom stereocenters. The number of likely N-dealkylation sites (N-methyl/N-ethyl adjacent to an activating group) is 1. The quantitative estimate of drug-likeness (QED) is 0.883. The van der Waals surface area contributed by atoms with Gasteiger partial charge in [0.15, 0.2) is 0 Å². The summed E-state index contributed by atoms with van der Waals surface area (Å²) < 4.78 is 52.1. The Morgan fingerprint density at radius 3 is 2.48 bits per heavy atom. The van der Waals surface area contributed by atoms with E-state index in [0.717, 1.165) is 30.3 Å². The Morgan fingerprint density at radius 1 is 1.16 bits per heavy atom. The number of carbonyl (C=O) groups excluding carboxylic acids is 1. The van der Waals surface area contributed by atoms with Gasteiger partial charge in [-0.2, -0.15) is 4.31 Å². The van der Waals surface area contributed by atoms with Crippen molar-refractivity contribution in [3.63, 3.8) is 0 Å². The maximum Gasteiger partial charge on any atom is 0.246 e. The molecule has 1 amide bonds. The highest BCUT2D eigenvalue weighted by molar-refractivity contribution is 7.89. The maximum absolute atomic E-state index is 13.7. The molecule has 0 aliphatic rings. The lowest BCUT2D eigenvalue weighted by Gasteiger charge is -2.18. The summed E-state index contributed by atoms with van der Waals surface area (Å²) in [7, 11) is -3.11. The highest BCUT2D eigenvalue weighted by Crippen LogP contribution is 2.20. The van der Waals surface area contributed by atoms with Crippen molar-refractivity contribution in [2.75, 3.05) is 18.9 Å². The van der Waals surface area contributed by atoms with Crippen LogP contribution in [0.15, 0.2) is 41.3 Å². The van der Waals surface area contributed by atoms with Crippen LogP contribution in [-0.4, -0.2) is 32.2 Å². The van der Waals surface area contributed by atoms with E-state index < -0.39 is 39.0 Å². The molecular formula is C17H18F2N2O3S. The molecule has 0 spiro atoms. The van der Waals surface area contributed by atoms with Crippen LogP contribution in [0.3, 0.4) is 0 Å². The van der Waals surface area contributed by atoms with Gasteiger partial charge in [0, 0.05) is 18.8 Å². The number of carbonyl (C=O) groups is 1. The number of aryl methyl sites for hydroxylation is 1. The van der Waals surface area contributed by atoms with Crippen molar-refractivity contribution in [1.82, 2.24) is 4.31 Å². The first-order valence-corrected chi connectivity index (χ1v) is 8.84. The van der Waals surface area contributed by atoms with Gasteiger partial charge in [0.1, 0.15) is 16.5 Å². The van der Waals surface area contributed by atoms with Gasteiger partial charge in [0.25, 0.3) is 0 Å². The predicted octanol–water partition coefficient (Wildman–Crippen LogP) is 2.84. The van der Waals surface area contributed by atoms with Gasteiger partial charge in [-0.1, -0.05) is 12.1 Å². The van der Waals surface area contributed by atoms with Gasteiger partial charge in [-0.15, -0.1) is 0 Å². The van der Waals surface area contributed by atoms with E-state index in [-0.39, 0.29) is 0 Å². The van der Waals surface area contributed by atoms with Gasteiger partial charge in [-0.3, -0.25) is 4.79 Å². The average molecular weight is 368 g/mol. The standard InChI is InChI=1S/C17H18F2N2O3S/c1-11-5-4-6-15(12(11)2)20-17(22)10-21(3)25(23,24)16-8-7-13(18)9-14(16)19/h4-9H,10H2,1-3H3,(H,20,22). The number of halogens is 2. The number of nitrogens with zero attached hydrogens (tertiary/aromatic N) is 1. The molecule has 0 fully saturated rings. The Labute approximate surface area is 145 Å². The zero-order valence-corrected chi connectivity index (χ0v) is 14.8. The first-order chi connectivity index (χ1) is 11.6. The molecule has 8 heteroatoms. The fourth-order valence-electron chi connectivity index (χ4n) is 2.22. The third-order valence-electron chi connectivity index (χ3n) is 3.83. The fourth-order valence-corrected chi connectivity index (χ4v) is 3.38. The third kappa shape index (κ3) is 4.21. The molecule has 0 radical (unpaired) electrons. The Morgan fingerprint density at radius 2 is 1.84 bits per heavy atom. The van der Waals surface area contributed by atoms with E-state index in [2.05, 4.69) is 5.32 Å². The first kappa shape index (κ1) is 19.0. The molecule has 134 valence electrons. The smallest absolute Gasteiger partial charge is 0.246 e. The van der Waals surface area contributed by atoms with Crippen LogP contribution in [0, 0.1) is 25.5 Å². The van der Waals surface area contributed by atoms with E-state index in [1.807, 2.05) is 19.9 Å². The molecule has 0 aromatic heterocycles. The maximum atomic E-state index is 13.7. The number of nitrogens with one attached hydrogen (secondary N) is 1. The van der Waals surface area contributed by atoms with Crippen LogP contribution in [0.5, 0.6) is 0 Å². The van der Waals surface area contributed by atoms with E-state index >= 15 is 0 Å². The van der Waals surface area contributed by atoms with Crippen LogP contribution in [0.25, 0.3) is 0 Å². The average Bonchev–Trinajstić information content (AvgIpc) is 2.51. The Bertz CT molecular complexity index is 914. The normalized spacial score (nSPS) is 11.6. The number of anilines is 1. The van der Waals surface area contributed by atoms with Crippen LogP contribution >= 0.6 is 0 Å². The summed E-state index contributed by atoms with van der Waals surface area (Å²) in [5.41, 5.74) is 2.42. The zero-order chi connectivity index (χ0) is 18.8. The summed E-state index contributed by atoms with van der Waals surface area (Å²) in [5.74, 6) is -2.66. The minimum Gasteiger partial charge on any atom is -0.325 e. The lowest BCUT2D eigenvalue weighted by Crippen LogP contribution is -2.35. The number of hydrogen-bond donors (Lipinski definition) is 1. The molecule has 2 rings (SSSR count). The van der Waals surface area contributed by atoms with Crippen LogP contribution in [-0.2, 0) is 14.8 Å². The number of amides is 1. The summed E-state index contributed by atoms with van der Waals surface area (Å²) >= 11 is 0. The Balaban J connectivity index is 2.16. The van der Waals surface area contributed by atoms with Crippen molar-refractivity contribution in [3.05, 3.63) is 59.2 Å². The monoisotopic (exact) mass is 368 g/mol. The van der Waals surface area contributed by atoms with Gasteiger partial charge in [-0.25, -0.2) is 17.2 Å². The van der Waals surface area contributed by atoms with Crippen molar-refractivity contribution < 1.29 is 22.0 Å². The topological polar surface area (TPSA) is 66.5 Å². The lowest BCUT2D eigenvalue weighted by molar-refractivity contribution is -0.116. The summed E-state index contributed by atoms with van der Waals surface area (Å²) in [6.45, 7) is 3.21. The van der Waals surface area contributed by atoms with E-state index in [0.29, 0.717) is 16.1 Å². The van der Waals surface area contributed by atoms with Gasteiger partial charge < -0.3 is 5.32 Å². The SMILES string of the molecule is Cc1cccc(NC(=O)CN(C)S(=O)(=O)c2ccc(F)cc2F)c1C. The largest absolute Gasteiger partial charge is 0.325 e. The summed E-state index contributed by atoms with van der Waals surface area (Å²) in [6.07, 6.45) is 0. The molecule has 25 heavy (non-hydrogen) atoms. The molecule has 0 aliphatic heterocycles. The second kappa shape index (κ2) is 7.28. The summed E-state index contributed by atoms with van der Waals surface area (Å²) in [4.78, 5) is 11.4. The van der Waals surface area contributed by atoms with E-state index in [9.17, 15) is 22.0 Å². The van der Waals surface area contributed by atoms with Crippen molar-refractivity contribution in [2.24, 2.45) is 0 Å². The molecular weight excluding hydrogens is 350 g/mol. The third-order valence-corrected chi connectivity index (χ3v) is 5.66. The fraction of sp³-hybridized carbons (Fsp3) is 0.235. The van der Waals surface area contributed by atoms with Crippen molar-refractivity contribution >= 4 is 21.6 Å². The molecule has 0 saturated heterocycles. The number of rotatable bonds is 5. The Hall–Kier alpha value is -2.32. The van der Waals surface area contributed by atoms with Crippen LogP contribution in [0.2, 0.25) is 0 Å². The van der Waals surface area contributed by atoms with Crippen LogP contribution in [0.4, 0.5) is 14.5 Å². The second-order valence-electron chi connectivity index (χ2n) is 5.63. The van der Waals surface area contributed by atoms with Crippen LogP contribution in [0.1, 0.15) is 11.1 Å². The number of hydrogen-bond acceptors (Lipinski definition) is 3. The molecule has 0 aliphatic carbocycles. The van der Waals surface area contributed by atoms with Crippen molar-refractivity contribution in [1.29, 1.82) is 0 Å². The number of sulfonamides is 1. The zero-order valence-electron chi connectivity index (χ0n) is 14.0. The van der Waals surface area contributed by atoms with Crippen molar-refractivity contribution in [2.45, 2.75) is 18.7 Å². The molecule has 5 nitrogen and oxygen atoms in total. The molecule has 0 atom stereocenters. The van der Waals surface area contributed by atoms with Crippen molar-refractivity contribution in [3.8, 4) is 0 Å². The summed E-state index contributed by atoms with van der Waals surface area (Å²) in [5, 5.41) is 2.63. The number of benzene rings is 2. The molecule has 2 aromatic rings. The molecule has 0 saturated carbocycles. The second-order valence-corrected chi connectivity index (χ2v) is 7.64. The Kier molecular flexibility index (Phi) is 5.54. The minimum absolute atomic E-state index is 0.483. The van der Waals surface area contributed by atoms with Gasteiger partial charge >= 0.3 is 0 Å². The summed E-state index contributed by atoms with van der Waals surface area (Å²) in [6, 6.07) is 7.52. The first-order valence-electron chi connectivity index (χ1n) is 7.40. The van der Waals surface area contributed by atoms with Crippen LogP contribution < -0.4 is 5.32 Å². The molecule has 2 aromatic carbocycles. The predicted molar refractivity (Wildman–Crippen MR) is 90.7 cm³/mol. The van der Waals surface area contributed by atoms with E-state index in [4.69, 9.17) is 0 Å². The molecule has 0 heterocycles. The molecule has 0 bridgehead atoms. The lowest BCUT2D eigenvalue weighted by atomic mass is 10.1. The molecule has 1 N–H and O–H groups in total. The highest BCUT2D eigenvalue weighted by atomic mass is 32.2. The van der Waals surface area contributed by atoms with Gasteiger partial charge in [0.2, 0.25) is 15.9 Å². The highest BCUT2D eigenvalue weighted by Gasteiger charge is 2.26. The van der Waals surface area contributed by atoms with E-state index in [1.165, 1.54) is 0 Å². The van der Waals surface area contributed by atoms with E-state index in [1.54, 1.807) is 12.1 Å².